The smallest absolute Gasteiger partial charge is 0.407 e. The number of carbonyl (C=O) groups excluding carboxylic acids is 1. The summed E-state index contributed by atoms with van der Waals surface area (Å²) in [7, 11) is 0. The van der Waals surface area contributed by atoms with Crippen molar-refractivity contribution in [3.8, 4) is 5.75 Å². The maximum absolute atomic E-state index is 11.4. The fourth-order valence-electron chi connectivity index (χ4n) is 1.37. The molecule has 0 saturated heterocycles. The third-order valence-corrected chi connectivity index (χ3v) is 3.08. The summed E-state index contributed by atoms with van der Waals surface area (Å²) >= 11 is 9.39. The Kier molecular flexibility index (Phi) is 6.62. The molecule has 112 valence electrons. The predicted octanol–water partition coefficient (Wildman–Crippen LogP) is 4.40. The molecule has 20 heavy (non-hydrogen) atoms. The average Bonchev–Trinajstić information content (AvgIpc) is 2.29. The maximum Gasteiger partial charge on any atom is 0.407 e. The van der Waals surface area contributed by atoms with Gasteiger partial charge in [-0.2, -0.15) is 0 Å². The molecule has 0 unspecified atom stereocenters. The van der Waals surface area contributed by atoms with Gasteiger partial charge in [0.05, 0.1) is 16.1 Å². The summed E-state index contributed by atoms with van der Waals surface area (Å²) in [4.78, 5) is 11.4. The minimum atomic E-state index is -0.483. The molecule has 0 fully saturated rings. The molecule has 1 aromatic carbocycles. The summed E-state index contributed by atoms with van der Waals surface area (Å²) in [5.74, 6) is 0.617. The molecule has 0 aromatic heterocycles. The maximum atomic E-state index is 11.4. The van der Waals surface area contributed by atoms with Crippen LogP contribution in [0.3, 0.4) is 0 Å². The van der Waals surface area contributed by atoms with Crippen molar-refractivity contribution < 1.29 is 14.3 Å². The Balaban J connectivity index is 2.24. The molecule has 0 aliphatic carbocycles. The van der Waals surface area contributed by atoms with Crippen LogP contribution < -0.4 is 10.1 Å². The van der Waals surface area contributed by atoms with Crippen LogP contribution in [0.15, 0.2) is 22.7 Å². The van der Waals surface area contributed by atoms with Crippen molar-refractivity contribution >= 4 is 33.6 Å². The second-order valence-corrected chi connectivity index (χ2v) is 6.44. The Bertz CT molecular complexity index is 440. The molecule has 4 nitrogen and oxygen atoms in total. The first-order valence-electron chi connectivity index (χ1n) is 6.33. The van der Waals surface area contributed by atoms with Gasteiger partial charge in [0, 0.05) is 6.54 Å². The normalized spacial score (nSPS) is 11.1. The number of para-hydroxylation sites is 1. The van der Waals surface area contributed by atoms with Crippen LogP contribution in [0.5, 0.6) is 5.75 Å². The third-order valence-electron chi connectivity index (χ3n) is 2.15. The monoisotopic (exact) mass is 363 g/mol. The Morgan fingerprint density at radius 1 is 1.40 bits per heavy atom. The summed E-state index contributed by atoms with van der Waals surface area (Å²) < 4.78 is 11.5. The van der Waals surface area contributed by atoms with Gasteiger partial charge in [0.15, 0.2) is 5.75 Å². The van der Waals surface area contributed by atoms with E-state index in [4.69, 9.17) is 21.1 Å². The van der Waals surface area contributed by atoms with Crippen LogP contribution in [-0.2, 0) is 4.74 Å². The number of nitrogens with one attached hydrogen (secondary N) is 1. The topological polar surface area (TPSA) is 47.6 Å². The Labute approximate surface area is 132 Å². The Hall–Kier alpha value is -0.940. The first-order valence-corrected chi connectivity index (χ1v) is 7.50. The molecule has 0 aliphatic rings. The zero-order valence-electron chi connectivity index (χ0n) is 11.8. The van der Waals surface area contributed by atoms with E-state index in [1.807, 2.05) is 32.9 Å². The van der Waals surface area contributed by atoms with E-state index in [-0.39, 0.29) is 0 Å². The number of benzene rings is 1. The van der Waals surface area contributed by atoms with Crippen molar-refractivity contribution in [1.29, 1.82) is 0 Å². The van der Waals surface area contributed by atoms with Crippen LogP contribution in [0, 0.1) is 0 Å². The third kappa shape index (κ3) is 6.48. The zero-order chi connectivity index (χ0) is 15.2. The van der Waals surface area contributed by atoms with E-state index >= 15 is 0 Å². The van der Waals surface area contributed by atoms with Gasteiger partial charge in [-0.3, -0.25) is 0 Å². The lowest BCUT2D eigenvalue weighted by Crippen LogP contribution is -2.33. The molecule has 0 atom stereocenters. The molecule has 1 amide bonds. The number of ether oxygens (including phenoxy) is 2. The minimum Gasteiger partial charge on any atom is -0.491 e. The van der Waals surface area contributed by atoms with Crippen LogP contribution in [0.4, 0.5) is 4.79 Å². The molecule has 1 aromatic rings. The number of halogens is 2. The summed E-state index contributed by atoms with van der Waals surface area (Å²) in [5.41, 5.74) is -0.483. The van der Waals surface area contributed by atoms with Crippen LogP contribution in [0.2, 0.25) is 5.02 Å². The molecule has 0 heterocycles. The van der Waals surface area contributed by atoms with Gasteiger partial charge in [0.25, 0.3) is 0 Å². The highest BCUT2D eigenvalue weighted by molar-refractivity contribution is 9.10. The van der Waals surface area contributed by atoms with Gasteiger partial charge in [-0.15, -0.1) is 0 Å². The van der Waals surface area contributed by atoms with Crippen molar-refractivity contribution in [1.82, 2.24) is 5.32 Å². The van der Waals surface area contributed by atoms with Gasteiger partial charge >= 0.3 is 6.09 Å². The first-order chi connectivity index (χ1) is 9.29. The molecular weight excluding hydrogens is 346 g/mol. The van der Waals surface area contributed by atoms with Crippen molar-refractivity contribution in [3.05, 3.63) is 27.7 Å². The minimum absolute atomic E-state index is 0.420. The number of carbonyl (C=O) groups is 1. The highest BCUT2D eigenvalue weighted by Crippen LogP contribution is 2.32. The van der Waals surface area contributed by atoms with Crippen LogP contribution >= 0.6 is 27.5 Å². The van der Waals surface area contributed by atoms with E-state index in [0.29, 0.717) is 30.3 Å². The zero-order valence-corrected chi connectivity index (χ0v) is 14.2. The van der Waals surface area contributed by atoms with Crippen LogP contribution in [0.1, 0.15) is 27.2 Å². The van der Waals surface area contributed by atoms with Crippen molar-refractivity contribution in [2.75, 3.05) is 13.2 Å². The molecule has 1 rings (SSSR count). The van der Waals surface area contributed by atoms with Crippen molar-refractivity contribution in [2.45, 2.75) is 32.8 Å². The number of hydrogen-bond donors (Lipinski definition) is 1. The second-order valence-electron chi connectivity index (χ2n) is 5.18. The molecule has 6 heteroatoms. The predicted molar refractivity (Wildman–Crippen MR) is 83.5 cm³/mol. The van der Waals surface area contributed by atoms with Crippen molar-refractivity contribution in [3.63, 3.8) is 0 Å². The number of hydrogen-bond acceptors (Lipinski definition) is 3. The number of alkyl carbamates (subject to hydrolysis) is 1. The highest BCUT2D eigenvalue weighted by atomic mass is 79.9. The second kappa shape index (κ2) is 7.74. The lowest BCUT2D eigenvalue weighted by Gasteiger charge is -2.19. The number of rotatable bonds is 5. The molecule has 0 radical (unpaired) electrons. The van der Waals surface area contributed by atoms with E-state index in [9.17, 15) is 4.79 Å². The molecule has 0 bridgehead atoms. The lowest BCUT2D eigenvalue weighted by atomic mass is 10.2. The fourth-order valence-corrected chi connectivity index (χ4v) is 2.20. The quantitative estimate of drug-likeness (QED) is 0.788. The SMILES string of the molecule is CC(C)(C)OC(=O)NCCCOc1c(Cl)cccc1Br. The highest BCUT2D eigenvalue weighted by Gasteiger charge is 2.15. The number of amides is 1. The summed E-state index contributed by atoms with van der Waals surface area (Å²) in [6.45, 7) is 6.41. The molecule has 0 spiro atoms. The van der Waals surface area contributed by atoms with Gasteiger partial charge < -0.3 is 14.8 Å². The molecule has 0 saturated carbocycles. The summed E-state index contributed by atoms with van der Waals surface area (Å²) in [5, 5.41) is 3.22. The van der Waals surface area contributed by atoms with Gasteiger partial charge in [-0.1, -0.05) is 17.7 Å². The van der Waals surface area contributed by atoms with Crippen molar-refractivity contribution in [2.24, 2.45) is 0 Å². The van der Waals surface area contributed by atoms with Crippen LogP contribution in [0.25, 0.3) is 0 Å². The van der Waals surface area contributed by atoms with Gasteiger partial charge in [-0.05, 0) is 55.3 Å². The molecule has 0 aliphatic heterocycles. The van der Waals surface area contributed by atoms with Gasteiger partial charge in [0.1, 0.15) is 5.60 Å². The fraction of sp³-hybridized carbons (Fsp3) is 0.500. The van der Waals surface area contributed by atoms with Crippen LogP contribution in [-0.4, -0.2) is 24.8 Å². The van der Waals surface area contributed by atoms with E-state index in [2.05, 4.69) is 21.2 Å². The Morgan fingerprint density at radius 2 is 2.10 bits per heavy atom. The van der Waals surface area contributed by atoms with Gasteiger partial charge in [0.2, 0.25) is 0 Å². The van der Waals surface area contributed by atoms with E-state index < -0.39 is 11.7 Å². The first kappa shape index (κ1) is 17.1. The average molecular weight is 365 g/mol. The molecule has 1 N–H and O–H groups in total. The largest absolute Gasteiger partial charge is 0.491 e. The standard InChI is InChI=1S/C14H19BrClNO3/c1-14(2,3)20-13(18)17-8-5-9-19-12-10(15)6-4-7-11(12)16/h4,6-7H,5,8-9H2,1-3H3,(H,17,18). The molecular formula is C14H19BrClNO3. The van der Waals surface area contributed by atoms with E-state index in [1.165, 1.54) is 0 Å². The van der Waals surface area contributed by atoms with Gasteiger partial charge in [-0.25, -0.2) is 4.79 Å². The van der Waals surface area contributed by atoms with E-state index in [1.54, 1.807) is 6.07 Å². The lowest BCUT2D eigenvalue weighted by molar-refractivity contribution is 0.0525. The Morgan fingerprint density at radius 3 is 2.70 bits per heavy atom. The summed E-state index contributed by atoms with van der Waals surface area (Å²) in [6.07, 6.45) is 0.244. The summed E-state index contributed by atoms with van der Waals surface area (Å²) in [6, 6.07) is 5.46. The van der Waals surface area contributed by atoms with E-state index in [0.717, 1.165) is 4.47 Å².